The molecule has 1 aromatic rings. The summed E-state index contributed by atoms with van der Waals surface area (Å²) in [5.41, 5.74) is 7.05. The molecule has 0 amide bonds. The van der Waals surface area contributed by atoms with E-state index in [1.165, 1.54) is 38.2 Å². The highest BCUT2D eigenvalue weighted by Gasteiger charge is 2.21. The van der Waals surface area contributed by atoms with Gasteiger partial charge in [-0.3, -0.25) is 9.58 Å². The van der Waals surface area contributed by atoms with Crippen molar-refractivity contribution in [3.63, 3.8) is 0 Å². The Hall–Kier alpha value is -0.910. The molecule has 20 heavy (non-hydrogen) atoms. The predicted molar refractivity (Wildman–Crippen MR) is 82.7 cm³/mol. The lowest BCUT2D eigenvalue weighted by Crippen LogP contribution is -2.50. The first-order valence-corrected chi connectivity index (χ1v) is 7.87. The van der Waals surface area contributed by atoms with Crippen LogP contribution >= 0.6 is 0 Å². The fourth-order valence-electron chi connectivity index (χ4n) is 3.08. The monoisotopic (exact) mass is 279 g/mol. The smallest absolute Gasteiger partial charge is 0.0522 e. The van der Waals surface area contributed by atoms with Crippen LogP contribution in [0.3, 0.4) is 0 Å². The van der Waals surface area contributed by atoms with Crippen LogP contribution in [0.2, 0.25) is 0 Å². The first kappa shape index (κ1) is 15.5. The van der Waals surface area contributed by atoms with Gasteiger partial charge in [0.15, 0.2) is 0 Å². The quantitative estimate of drug-likeness (QED) is 0.798. The van der Waals surface area contributed by atoms with Crippen LogP contribution in [0.1, 0.15) is 25.3 Å². The maximum atomic E-state index is 5.71. The van der Waals surface area contributed by atoms with Crippen molar-refractivity contribution in [1.82, 2.24) is 19.6 Å². The molecule has 2 N–H and O–H groups in total. The van der Waals surface area contributed by atoms with Crippen molar-refractivity contribution in [1.29, 1.82) is 0 Å². The van der Waals surface area contributed by atoms with Crippen LogP contribution in [-0.4, -0.2) is 64.9 Å². The number of nitrogens with two attached hydrogens (primary N) is 1. The molecule has 1 aliphatic heterocycles. The number of aromatic nitrogens is 2. The molecule has 0 radical (unpaired) electrons. The lowest BCUT2D eigenvalue weighted by atomic mass is 10.1. The van der Waals surface area contributed by atoms with Gasteiger partial charge < -0.3 is 10.6 Å². The Morgan fingerprint density at radius 1 is 1.30 bits per heavy atom. The Morgan fingerprint density at radius 2 is 2.05 bits per heavy atom. The van der Waals surface area contributed by atoms with Crippen molar-refractivity contribution in [2.75, 3.05) is 39.3 Å². The van der Waals surface area contributed by atoms with E-state index in [1.54, 1.807) is 0 Å². The molecular formula is C15H29N5. The predicted octanol–water partition coefficient (Wildman–Crippen LogP) is 0.708. The van der Waals surface area contributed by atoms with Crippen LogP contribution in [0.4, 0.5) is 0 Å². The summed E-state index contributed by atoms with van der Waals surface area (Å²) in [4.78, 5) is 5.19. The van der Waals surface area contributed by atoms with Crippen LogP contribution in [0.25, 0.3) is 0 Å². The van der Waals surface area contributed by atoms with Crippen LogP contribution in [0.5, 0.6) is 0 Å². The van der Waals surface area contributed by atoms with E-state index in [0.717, 1.165) is 25.9 Å². The van der Waals surface area contributed by atoms with E-state index < -0.39 is 0 Å². The zero-order valence-corrected chi connectivity index (χ0v) is 13.0. The first-order valence-electron chi connectivity index (χ1n) is 7.87. The lowest BCUT2D eigenvalue weighted by molar-refractivity contribution is 0.0917. The molecule has 1 aromatic heterocycles. The average Bonchev–Trinajstić information content (AvgIpc) is 2.89. The van der Waals surface area contributed by atoms with Gasteiger partial charge in [-0.05, 0) is 31.4 Å². The highest BCUT2D eigenvalue weighted by molar-refractivity contribution is 5.04. The summed E-state index contributed by atoms with van der Waals surface area (Å²) in [5.74, 6) is 0. The van der Waals surface area contributed by atoms with Crippen molar-refractivity contribution in [3.8, 4) is 0 Å². The van der Waals surface area contributed by atoms with Gasteiger partial charge in [0.25, 0.3) is 0 Å². The molecule has 114 valence electrons. The molecule has 2 rings (SSSR count). The van der Waals surface area contributed by atoms with Crippen molar-refractivity contribution in [2.45, 2.75) is 32.2 Å². The molecule has 2 heterocycles. The van der Waals surface area contributed by atoms with Gasteiger partial charge in [0.2, 0.25) is 0 Å². The van der Waals surface area contributed by atoms with Crippen LogP contribution in [0, 0.1) is 0 Å². The Bertz CT molecular complexity index is 381. The molecule has 5 heteroatoms. The standard InChI is InChI=1S/C15H29N5/c1-3-15(4-6-16)20-10-8-19(9-11-20)7-5-14-12-17-18(2)13-14/h12-13,15H,3-11,16H2,1-2H3. The van der Waals surface area contributed by atoms with Crippen LogP contribution in [0.15, 0.2) is 12.4 Å². The van der Waals surface area contributed by atoms with Gasteiger partial charge in [0.05, 0.1) is 6.20 Å². The normalized spacial score (nSPS) is 19.4. The van der Waals surface area contributed by atoms with E-state index >= 15 is 0 Å². The molecule has 0 saturated carbocycles. The first-order chi connectivity index (χ1) is 9.72. The van der Waals surface area contributed by atoms with Crippen molar-refractivity contribution in [2.24, 2.45) is 12.8 Å². The number of aryl methyl sites for hydroxylation is 1. The summed E-state index contributed by atoms with van der Waals surface area (Å²) in [7, 11) is 1.98. The van der Waals surface area contributed by atoms with Gasteiger partial charge in [-0.25, -0.2) is 0 Å². The molecule has 1 saturated heterocycles. The summed E-state index contributed by atoms with van der Waals surface area (Å²) in [5, 5.41) is 4.23. The van der Waals surface area contributed by atoms with Gasteiger partial charge in [-0.1, -0.05) is 6.92 Å². The maximum Gasteiger partial charge on any atom is 0.0522 e. The summed E-state index contributed by atoms with van der Waals surface area (Å²) < 4.78 is 1.88. The Morgan fingerprint density at radius 3 is 2.60 bits per heavy atom. The van der Waals surface area contributed by atoms with Crippen molar-refractivity contribution < 1.29 is 0 Å². The minimum atomic E-state index is 0.681. The topological polar surface area (TPSA) is 50.3 Å². The second-order valence-electron chi connectivity index (χ2n) is 5.79. The number of hydrogen-bond acceptors (Lipinski definition) is 4. The molecule has 1 atom stereocenters. The molecule has 1 unspecified atom stereocenters. The highest BCUT2D eigenvalue weighted by atomic mass is 15.3. The van der Waals surface area contributed by atoms with Crippen molar-refractivity contribution in [3.05, 3.63) is 18.0 Å². The zero-order chi connectivity index (χ0) is 14.4. The largest absolute Gasteiger partial charge is 0.330 e. The average molecular weight is 279 g/mol. The fourth-order valence-corrected chi connectivity index (χ4v) is 3.08. The molecule has 5 nitrogen and oxygen atoms in total. The number of rotatable bonds is 7. The third-order valence-electron chi connectivity index (χ3n) is 4.37. The van der Waals surface area contributed by atoms with Crippen LogP contribution < -0.4 is 5.73 Å². The zero-order valence-electron chi connectivity index (χ0n) is 13.0. The summed E-state index contributed by atoms with van der Waals surface area (Å²) in [6.45, 7) is 8.96. The van der Waals surface area contributed by atoms with Crippen LogP contribution in [-0.2, 0) is 13.5 Å². The summed E-state index contributed by atoms with van der Waals surface area (Å²) in [6, 6.07) is 0.681. The maximum absolute atomic E-state index is 5.71. The van der Waals surface area contributed by atoms with E-state index in [4.69, 9.17) is 5.73 Å². The molecule has 0 bridgehead atoms. The van der Waals surface area contributed by atoms with Gasteiger partial charge >= 0.3 is 0 Å². The molecule has 1 fully saturated rings. The second-order valence-corrected chi connectivity index (χ2v) is 5.79. The number of hydrogen-bond donors (Lipinski definition) is 1. The molecular weight excluding hydrogens is 250 g/mol. The Kier molecular flexibility index (Phi) is 6.01. The Balaban J connectivity index is 1.71. The summed E-state index contributed by atoms with van der Waals surface area (Å²) in [6.07, 6.45) is 7.54. The van der Waals surface area contributed by atoms with E-state index in [-0.39, 0.29) is 0 Å². The second kappa shape index (κ2) is 7.76. The molecule has 1 aliphatic rings. The van der Waals surface area contributed by atoms with E-state index in [1.807, 2.05) is 17.9 Å². The molecule has 0 aromatic carbocycles. The highest BCUT2D eigenvalue weighted by Crippen LogP contribution is 2.12. The Labute approximate surface area is 122 Å². The van der Waals surface area contributed by atoms with E-state index in [9.17, 15) is 0 Å². The van der Waals surface area contributed by atoms with Crippen molar-refractivity contribution >= 4 is 0 Å². The third kappa shape index (κ3) is 4.30. The molecule has 0 spiro atoms. The number of nitrogens with zero attached hydrogens (tertiary/aromatic N) is 4. The van der Waals surface area contributed by atoms with Gasteiger partial charge in [0, 0.05) is 52.0 Å². The van der Waals surface area contributed by atoms with E-state index in [0.29, 0.717) is 6.04 Å². The lowest BCUT2D eigenvalue weighted by Gasteiger charge is -2.39. The summed E-state index contributed by atoms with van der Waals surface area (Å²) >= 11 is 0. The van der Waals surface area contributed by atoms with Gasteiger partial charge in [0.1, 0.15) is 0 Å². The minimum Gasteiger partial charge on any atom is -0.330 e. The molecule has 0 aliphatic carbocycles. The number of piperazine rings is 1. The minimum absolute atomic E-state index is 0.681. The fraction of sp³-hybridized carbons (Fsp3) is 0.800. The third-order valence-corrected chi connectivity index (χ3v) is 4.37. The van der Waals surface area contributed by atoms with Gasteiger partial charge in [-0.2, -0.15) is 5.10 Å². The SMILES string of the molecule is CCC(CCN)N1CCN(CCc2cnn(C)c2)CC1. The van der Waals surface area contributed by atoms with Gasteiger partial charge in [-0.15, -0.1) is 0 Å². The van der Waals surface area contributed by atoms with E-state index in [2.05, 4.69) is 28.0 Å².